The third-order valence-electron chi connectivity index (χ3n) is 4.47. The molecule has 0 aliphatic carbocycles. The summed E-state index contributed by atoms with van der Waals surface area (Å²) in [6.45, 7) is 2.32. The summed E-state index contributed by atoms with van der Waals surface area (Å²) in [6.07, 6.45) is 2.98. The van der Waals surface area contributed by atoms with Crippen molar-refractivity contribution in [3.05, 3.63) is 96.1 Å². The summed E-state index contributed by atoms with van der Waals surface area (Å²) >= 11 is 0. The zero-order chi connectivity index (χ0) is 27.2. The highest BCUT2D eigenvalue weighted by Crippen LogP contribution is 2.18. The number of nitrogens with two attached hydrogens (primary N) is 3. The van der Waals surface area contributed by atoms with Crippen LogP contribution in [0.2, 0.25) is 0 Å². The van der Waals surface area contributed by atoms with Crippen molar-refractivity contribution in [2.75, 3.05) is 13.1 Å². The summed E-state index contributed by atoms with van der Waals surface area (Å²) in [5, 5.41) is 15.7. The molecular weight excluding hydrogens is 458 g/mol. The molecule has 0 heterocycles. The SMILES string of the molecule is CC(=O)O.NCCC[C@H](N)C(=O)O.NCCc1ccccc1.O=Cc1ccc(-c2ccccc2)cc1. The van der Waals surface area contributed by atoms with E-state index in [0.717, 1.165) is 31.7 Å². The minimum absolute atomic E-state index is 0.464. The minimum atomic E-state index is -0.955. The van der Waals surface area contributed by atoms with Gasteiger partial charge in [-0.25, -0.2) is 0 Å². The number of carbonyl (C=O) groups is 3. The van der Waals surface area contributed by atoms with E-state index in [1.54, 1.807) is 0 Å². The van der Waals surface area contributed by atoms with E-state index in [1.807, 2.05) is 60.7 Å². The molecule has 0 unspecified atom stereocenters. The largest absolute Gasteiger partial charge is 0.481 e. The van der Waals surface area contributed by atoms with Crippen LogP contribution in [0.25, 0.3) is 11.1 Å². The Bertz CT molecular complexity index is 977. The lowest BCUT2D eigenvalue weighted by molar-refractivity contribution is -0.138. The Labute approximate surface area is 212 Å². The lowest BCUT2D eigenvalue weighted by atomic mass is 10.0. The number of aliphatic carboxylic acids is 2. The normalized spacial score (nSPS) is 10.1. The number of carbonyl (C=O) groups excluding carboxylic acids is 1. The van der Waals surface area contributed by atoms with Gasteiger partial charge in [-0.3, -0.25) is 14.4 Å². The van der Waals surface area contributed by atoms with Crippen molar-refractivity contribution in [1.29, 1.82) is 0 Å². The Balaban J connectivity index is 0.000000492. The van der Waals surface area contributed by atoms with Gasteiger partial charge in [-0.1, -0.05) is 84.9 Å². The molecule has 3 aromatic carbocycles. The van der Waals surface area contributed by atoms with E-state index < -0.39 is 18.0 Å². The zero-order valence-electron chi connectivity index (χ0n) is 20.6. The second-order valence-corrected chi connectivity index (χ2v) is 7.52. The number of benzene rings is 3. The van der Waals surface area contributed by atoms with Gasteiger partial charge in [-0.2, -0.15) is 0 Å². The Hall–Kier alpha value is -3.85. The topological polar surface area (TPSA) is 170 Å². The summed E-state index contributed by atoms with van der Waals surface area (Å²) < 4.78 is 0. The fourth-order valence-corrected chi connectivity index (χ4v) is 2.66. The molecule has 0 spiro atoms. The van der Waals surface area contributed by atoms with Gasteiger partial charge >= 0.3 is 5.97 Å². The molecule has 8 nitrogen and oxygen atoms in total. The van der Waals surface area contributed by atoms with Gasteiger partial charge in [0.2, 0.25) is 0 Å². The van der Waals surface area contributed by atoms with Crippen molar-refractivity contribution in [3.8, 4) is 11.1 Å². The van der Waals surface area contributed by atoms with E-state index in [9.17, 15) is 9.59 Å². The van der Waals surface area contributed by atoms with Gasteiger partial charge in [-0.15, -0.1) is 0 Å². The maximum atomic E-state index is 10.5. The van der Waals surface area contributed by atoms with Crippen molar-refractivity contribution in [2.24, 2.45) is 17.2 Å². The molecule has 8 heteroatoms. The molecule has 36 heavy (non-hydrogen) atoms. The summed E-state index contributed by atoms with van der Waals surface area (Å²) in [4.78, 5) is 29.5. The molecule has 0 aliphatic rings. The number of carboxylic acid groups (broad SMARTS) is 2. The van der Waals surface area contributed by atoms with Crippen LogP contribution >= 0.6 is 0 Å². The minimum Gasteiger partial charge on any atom is -0.481 e. The van der Waals surface area contributed by atoms with Crippen LogP contribution in [0.3, 0.4) is 0 Å². The van der Waals surface area contributed by atoms with E-state index in [4.69, 9.17) is 32.2 Å². The van der Waals surface area contributed by atoms with Gasteiger partial charge in [0.1, 0.15) is 12.3 Å². The van der Waals surface area contributed by atoms with Crippen LogP contribution in [0, 0.1) is 0 Å². The van der Waals surface area contributed by atoms with Crippen LogP contribution in [0.4, 0.5) is 0 Å². The maximum Gasteiger partial charge on any atom is 0.320 e. The summed E-state index contributed by atoms with van der Waals surface area (Å²) in [5.74, 6) is -1.79. The third kappa shape index (κ3) is 16.7. The average Bonchev–Trinajstić information content (AvgIpc) is 2.89. The van der Waals surface area contributed by atoms with Gasteiger partial charge in [0.25, 0.3) is 5.97 Å². The molecule has 0 saturated carbocycles. The number of hydrogen-bond donors (Lipinski definition) is 5. The van der Waals surface area contributed by atoms with Gasteiger partial charge < -0.3 is 27.4 Å². The van der Waals surface area contributed by atoms with E-state index >= 15 is 0 Å². The van der Waals surface area contributed by atoms with E-state index in [-0.39, 0.29) is 0 Å². The van der Waals surface area contributed by atoms with Gasteiger partial charge in [0.15, 0.2) is 0 Å². The van der Waals surface area contributed by atoms with Crippen molar-refractivity contribution < 1.29 is 24.6 Å². The number of aldehydes is 1. The molecule has 3 rings (SSSR count). The molecule has 0 fully saturated rings. The number of rotatable bonds is 8. The molecule has 0 aliphatic heterocycles. The summed E-state index contributed by atoms with van der Waals surface area (Å²) in [5.41, 5.74) is 20.0. The molecule has 0 aromatic heterocycles. The first kappa shape index (κ1) is 32.1. The van der Waals surface area contributed by atoms with E-state index in [2.05, 4.69) is 24.3 Å². The highest BCUT2D eigenvalue weighted by atomic mass is 16.4. The smallest absolute Gasteiger partial charge is 0.320 e. The van der Waals surface area contributed by atoms with Crippen LogP contribution in [-0.4, -0.2) is 47.6 Å². The first-order valence-electron chi connectivity index (χ1n) is 11.5. The lowest BCUT2D eigenvalue weighted by Gasteiger charge is -2.02. The molecular formula is C28H37N3O5. The van der Waals surface area contributed by atoms with Gasteiger partial charge in [0, 0.05) is 12.5 Å². The zero-order valence-corrected chi connectivity index (χ0v) is 20.6. The van der Waals surface area contributed by atoms with Gasteiger partial charge in [-0.05, 0) is 49.0 Å². The van der Waals surface area contributed by atoms with Crippen LogP contribution in [0.15, 0.2) is 84.9 Å². The second kappa shape index (κ2) is 20.5. The van der Waals surface area contributed by atoms with Crippen LogP contribution in [0.5, 0.6) is 0 Å². The molecule has 3 aromatic rings. The van der Waals surface area contributed by atoms with Crippen molar-refractivity contribution >= 4 is 18.2 Å². The third-order valence-corrected chi connectivity index (χ3v) is 4.47. The van der Waals surface area contributed by atoms with Crippen LogP contribution in [0.1, 0.15) is 35.7 Å². The first-order chi connectivity index (χ1) is 17.2. The lowest BCUT2D eigenvalue weighted by Crippen LogP contribution is -2.30. The molecule has 0 bridgehead atoms. The van der Waals surface area contributed by atoms with Crippen molar-refractivity contribution in [3.63, 3.8) is 0 Å². The predicted octanol–water partition coefficient (Wildman–Crippen LogP) is 3.58. The molecule has 0 amide bonds. The first-order valence-corrected chi connectivity index (χ1v) is 11.5. The van der Waals surface area contributed by atoms with Crippen molar-refractivity contribution in [2.45, 2.75) is 32.2 Å². The van der Waals surface area contributed by atoms with Crippen LogP contribution < -0.4 is 17.2 Å². The Morgan fingerprint density at radius 1 is 0.806 bits per heavy atom. The van der Waals surface area contributed by atoms with E-state index in [1.165, 1.54) is 11.1 Å². The summed E-state index contributed by atoms with van der Waals surface area (Å²) in [7, 11) is 0. The Morgan fingerprint density at radius 3 is 1.69 bits per heavy atom. The number of hydrogen-bond acceptors (Lipinski definition) is 6. The fourth-order valence-electron chi connectivity index (χ4n) is 2.66. The quantitative estimate of drug-likeness (QED) is 0.295. The average molecular weight is 496 g/mol. The molecule has 8 N–H and O–H groups in total. The molecule has 1 atom stereocenters. The Kier molecular flexibility index (Phi) is 18.3. The van der Waals surface area contributed by atoms with E-state index in [0.29, 0.717) is 24.9 Å². The number of carboxylic acids is 2. The maximum absolute atomic E-state index is 10.5. The molecule has 0 radical (unpaired) electrons. The van der Waals surface area contributed by atoms with Crippen molar-refractivity contribution in [1.82, 2.24) is 0 Å². The molecule has 194 valence electrons. The molecule has 0 saturated heterocycles. The van der Waals surface area contributed by atoms with Gasteiger partial charge in [0.05, 0.1) is 0 Å². The second-order valence-electron chi connectivity index (χ2n) is 7.52. The standard InChI is InChI=1S/C13H10O.C8H11N.C5H12N2O2.C2H4O2/c14-10-11-6-8-13(9-7-11)12-4-2-1-3-5-12;9-7-6-8-4-2-1-3-5-8;6-3-1-2-4(7)5(8)9;1-2(3)4/h1-10H;1-5H,6-7,9H2;4H,1-3,6-7H2,(H,8,9);1H3,(H,3,4)/t;;4-;/m..0./s1. The fraction of sp³-hybridized carbons (Fsp3) is 0.250. The highest BCUT2D eigenvalue weighted by Gasteiger charge is 2.08. The highest BCUT2D eigenvalue weighted by molar-refractivity contribution is 5.76. The Morgan fingerprint density at radius 2 is 1.28 bits per heavy atom. The monoisotopic (exact) mass is 495 g/mol. The summed E-state index contributed by atoms with van der Waals surface area (Å²) in [6, 6.07) is 27.2. The van der Waals surface area contributed by atoms with Crippen LogP contribution in [-0.2, 0) is 16.0 Å². The predicted molar refractivity (Wildman–Crippen MR) is 144 cm³/mol.